The van der Waals surface area contributed by atoms with Crippen molar-refractivity contribution in [1.29, 1.82) is 0 Å². The molecule has 0 saturated heterocycles. The predicted molar refractivity (Wildman–Crippen MR) is 96.0 cm³/mol. The lowest BCUT2D eigenvalue weighted by atomic mass is 9.91. The van der Waals surface area contributed by atoms with Gasteiger partial charge in [0.1, 0.15) is 0 Å². The zero-order chi connectivity index (χ0) is 18.4. The summed E-state index contributed by atoms with van der Waals surface area (Å²) in [4.78, 5) is 38.1. The summed E-state index contributed by atoms with van der Waals surface area (Å²) in [7, 11) is 0. The van der Waals surface area contributed by atoms with E-state index in [1.165, 1.54) is 17.0 Å². The van der Waals surface area contributed by atoms with Crippen molar-refractivity contribution in [2.24, 2.45) is 0 Å². The Balaban J connectivity index is 1.92. The summed E-state index contributed by atoms with van der Waals surface area (Å²) < 4.78 is 0. The second kappa shape index (κ2) is 5.77. The molecule has 3 aromatic rings. The van der Waals surface area contributed by atoms with Gasteiger partial charge in [0.15, 0.2) is 0 Å². The predicted octanol–water partition coefficient (Wildman–Crippen LogP) is 4.11. The molecule has 0 saturated carbocycles. The highest BCUT2D eigenvalue weighted by Gasteiger charge is 2.37. The third kappa shape index (κ3) is 2.19. The van der Waals surface area contributed by atoms with E-state index in [1.54, 1.807) is 25.1 Å². The van der Waals surface area contributed by atoms with Crippen LogP contribution in [0.1, 0.15) is 39.2 Å². The van der Waals surface area contributed by atoms with Crippen LogP contribution in [-0.2, 0) is 0 Å². The molecule has 1 unspecified atom stereocenters. The molecule has 3 aromatic carbocycles. The molecule has 4 rings (SSSR count). The number of benzene rings is 3. The van der Waals surface area contributed by atoms with Crippen LogP contribution in [0, 0.1) is 10.1 Å². The van der Waals surface area contributed by atoms with Crippen molar-refractivity contribution in [3.05, 3.63) is 87.5 Å². The quantitative estimate of drug-likeness (QED) is 0.406. The normalized spacial score (nSPS) is 14.6. The van der Waals surface area contributed by atoms with Crippen LogP contribution in [0.4, 0.5) is 5.69 Å². The molecule has 1 heterocycles. The fourth-order valence-electron chi connectivity index (χ4n) is 3.49. The molecular formula is C20H14N2O4. The van der Waals surface area contributed by atoms with Gasteiger partial charge in [-0.05, 0) is 30.7 Å². The molecule has 6 nitrogen and oxygen atoms in total. The molecule has 0 spiro atoms. The number of nitro groups is 1. The molecule has 128 valence electrons. The average molecular weight is 346 g/mol. The summed E-state index contributed by atoms with van der Waals surface area (Å²) in [5.74, 6) is -0.880. The van der Waals surface area contributed by atoms with Gasteiger partial charge < -0.3 is 0 Å². The number of hydrogen-bond donors (Lipinski definition) is 0. The van der Waals surface area contributed by atoms with Gasteiger partial charge in [-0.2, -0.15) is 0 Å². The highest BCUT2D eigenvalue weighted by Crippen LogP contribution is 2.37. The molecule has 1 atom stereocenters. The van der Waals surface area contributed by atoms with Crippen molar-refractivity contribution >= 4 is 28.3 Å². The van der Waals surface area contributed by atoms with E-state index in [4.69, 9.17) is 0 Å². The first-order valence-corrected chi connectivity index (χ1v) is 8.13. The Morgan fingerprint density at radius 2 is 1.54 bits per heavy atom. The summed E-state index contributed by atoms with van der Waals surface area (Å²) >= 11 is 0. The van der Waals surface area contributed by atoms with Crippen LogP contribution in [0.25, 0.3) is 10.8 Å². The third-order valence-electron chi connectivity index (χ3n) is 4.78. The minimum absolute atomic E-state index is 0.115. The van der Waals surface area contributed by atoms with Gasteiger partial charge in [-0.25, -0.2) is 0 Å². The van der Waals surface area contributed by atoms with Crippen molar-refractivity contribution in [2.45, 2.75) is 13.0 Å². The number of amides is 2. The van der Waals surface area contributed by atoms with Gasteiger partial charge >= 0.3 is 0 Å². The van der Waals surface area contributed by atoms with Crippen molar-refractivity contribution in [3.8, 4) is 0 Å². The summed E-state index contributed by atoms with van der Waals surface area (Å²) in [6, 6.07) is 16.4. The minimum atomic E-state index is -0.503. The Bertz CT molecular complexity index is 1050. The maximum atomic E-state index is 13.0. The van der Waals surface area contributed by atoms with E-state index >= 15 is 0 Å². The van der Waals surface area contributed by atoms with Gasteiger partial charge in [-0.15, -0.1) is 0 Å². The first kappa shape index (κ1) is 16.0. The van der Waals surface area contributed by atoms with E-state index in [2.05, 4.69) is 0 Å². The molecule has 26 heavy (non-hydrogen) atoms. The second-order valence-corrected chi connectivity index (χ2v) is 6.18. The molecule has 1 aliphatic heterocycles. The Labute approximate surface area is 148 Å². The summed E-state index contributed by atoms with van der Waals surface area (Å²) in [5.41, 5.74) is 1.34. The molecule has 2 amide bonds. The standard InChI is InChI=1S/C20H14N2O4/c1-12(13-6-3-2-4-7-13)21-19(23)15-9-5-8-14-17(22(25)26)11-10-16(18(14)15)20(21)24/h2-12H,1H3. The van der Waals surface area contributed by atoms with E-state index in [-0.39, 0.29) is 5.69 Å². The van der Waals surface area contributed by atoms with Crippen LogP contribution in [-0.4, -0.2) is 21.6 Å². The first-order chi connectivity index (χ1) is 12.5. The van der Waals surface area contributed by atoms with Crippen molar-refractivity contribution in [2.75, 3.05) is 0 Å². The van der Waals surface area contributed by atoms with Crippen molar-refractivity contribution in [3.63, 3.8) is 0 Å². The van der Waals surface area contributed by atoms with Gasteiger partial charge in [0.25, 0.3) is 17.5 Å². The second-order valence-electron chi connectivity index (χ2n) is 6.18. The SMILES string of the molecule is CC(c1ccccc1)N1C(=O)c2cccc3c([N+](=O)[O-])ccc(c23)C1=O. The minimum Gasteiger partial charge on any atom is -0.269 e. The number of non-ortho nitro benzene ring substituents is 1. The van der Waals surface area contributed by atoms with Gasteiger partial charge in [-0.1, -0.05) is 36.4 Å². The van der Waals surface area contributed by atoms with E-state index < -0.39 is 22.8 Å². The van der Waals surface area contributed by atoms with Crippen LogP contribution in [0.5, 0.6) is 0 Å². The maximum absolute atomic E-state index is 13.0. The van der Waals surface area contributed by atoms with Gasteiger partial charge in [0, 0.05) is 22.6 Å². The molecular weight excluding hydrogens is 332 g/mol. The molecule has 0 fully saturated rings. The lowest BCUT2D eigenvalue weighted by Crippen LogP contribution is -2.41. The van der Waals surface area contributed by atoms with E-state index in [9.17, 15) is 19.7 Å². The van der Waals surface area contributed by atoms with Gasteiger partial charge in [-0.3, -0.25) is 24.6 Å². The van der Waals surface area contributed by atoms with Crippen molar-refractivity contribution in [1.82, 2.24) is 4.90 Å². The highest BCUT2D eigenvalue weighted by molar-refractivity contribution is 6.26. The third-order valence-corrected chi connectivity index (χ3v) is 4.78. The number of hydrogen-bond acceptors (Lipinski definition) is 4. The molecule has 6 heteroatoms. The largest absolute Gasteiger partial charge is 0.277 e. The van der Waals surface area contributed by atoms with Crippen LogP contribution < -0.4 is 0 Å². The van der Waals surface area contributed by atoms with Gasteiger partial charge in [0.2, 0.25) is 0 Å². The average Bonchev–Trinajstić information content (AvgIpc) is 2.66. The number of carbonyl (C=O) groups excluding carboxylic acids is 2. The summed E-state index contributed by atoms with van der Waals surface area (Å²) in [6.07, 6.45) is 0. The van der Waals surface area contributed by atoms with Crippen LogP contribution in [0.2, 0.25) is 0 Å². The Morgan fingerprint density at radius 3 is 2.19 bits per heavy atom. The van der Waals surface area contributed by atoms with Crippen molar-refractivity contribution < 1.29 is 14.5 Å². The Morgan fingerprint density at radius 1 is 0.885 bits per heavy atom. The molecule has 1 aliphatic rings. The van der Waals surface area contributed by atoms with E-state index in [0.29, 0.717) is 21.9 Å². The monoisotopic (exact) mass is 346 g/mol. The van der Waals surface area contributed by atoms with Crippen LogP contribution in [0.15, 0.2) is 60.7 Å². The topological polar surface area (TPSA) is 80.5 Å². The van der Waals surface area contributed by atoms with Crippen LogP contribution in [0.3, 0.4) is 0 Å². The number of rotatable bonds is 3. The molecule has 0 aliphatic carbocycles. The lowest BCUT2D eigenvalue weighted by Gasteiger charge is -2.32. The smallest absolute Gasteiger partial charge is 0.269 e. The number of carbonyl (C=O) groups is 2. The summed E-state index contributed by atoms with van der Waals surface area (Å²) in [5, 5.41) is 11.9. The number of nitro benzene ring substituents is 1. The zero-order valence-corrected chi connectivity index (χ0v) is 13.9. The highest BCUT2D eigenvalue weighted by atomic mass is 16.6. The molecule has 0 radical (unpaired) electrons. The van der Waals surface area contributed by atoms with E-state index in [0.717, 1.165) is 5.56 Å². The Hall–Kier alpha value is -3.54. The first-order valence-electron chi connectivity index (χ1n) is 8.13. The number of nitrogens with zero attached hydrogens (tertiary/aromatic N) is 2. The number of imide groups is 1. The summed E-state index contributed by atoms with van der Waals surface area (Å²) in [6.45, 7) is 1.79. The fourth-order valence-corrected chi connectivity index (χ4v) is 3.49. The molecule has 0 bridgehead atoms. The molecule has 0 N–H and O–H groups in total. The van der Waals surface area contributed by atoms with Crippen LogP contribution >= 0.6 is 0 Å². The molecule has 0 aromatic heterocycles. The van der Waals surface area contributed by atoms with E-state index in [1.807, 2.05) is 30.3 Å². The zero-order valence-electron chi connectivity index (χ0n) is 13.9. The lowest BCUT2D eigenvalue weighted by molar-refractivity contribution is -0.383. The Kier molecular flexibility index (Phi) is 3.54. The maximum Gasteiger partial charge on any atom is 0.277 e. The van der Waals surface area contributed by atoms with Gasteiger partial charge in [0.05, 0.1) is 16.4 Å². The fraction of sp³-hybridized carbons (Fsp3) is 0.100.